The summed E-state index contributed by atoms with van der Waals surface area (Å²) < 4.78 is 5.65. The summed E-state index contributed by atoms with van der Waals surface area (Å²) in [5.74, 6) is 0. The first-order valence-corrected chi connectivity index (χ1v) is 10.3. The highest BCUT2D eigenvalue weighted by atomic mass is 28.3. The van der Waals surface area contributed by atoms with Gasteiger partial charge in [-0.25, -0.2) is 4.79 Å². The van der Waals surface area contributed by atoms with Gasteiger partial charge in [-0.2, -0.15) is 0 Å². The van der Waals surface area contributed by atoms with Crippen molar-refractivity contribution in [3.8, 4) is 0 Å². The Bertz CT molecular complexity index is 295. The van der Waals surface area contributed by atoms with Gasteiger partial charge in [-0.05, 0) is 34.1 Å². The molecule has 0 unspecified atom stereocenters. The molecule has 0 aliphatic rings. The third kappa shape index (κ3) is 5.25. The zero-order valence-electron chi connectivity index (χ0n) is 13.2. The van der Waals surface area contributed by atoms with Crippen LogP contribution in [0, 0.1) is 0 Å². The molecule has 0 saturated heterocycles. The van der Waals surface area contributed by atoms with Crippen LogP contribution in [0.1, 0.15) is 41.0 Å². The molecule has 106 valence electrons. The second kappa shape index (κ2) is 6.97. The number of allylic oxidation sites excluding steroid dienone is 1. The van der Waals surface area contributed by atoms with E-state index in [1.165, 1.54) is 0 Å². The van der Waals surface area contributed by atoms with Crippen molar-refractivity contribution >= 4 is 14.2 Å². The molecule has 0 atom stereocenters. The van der Waals surface area contributed by atoms with Gasteiger partial charge in [0, 0.05) is 12.1 Å². The van der Waals surface area contributed by atoms with E-state index in [0.29, 0.717) is 0 Å². The highest BCUT2D eigenvalue weighted by Gasteiger charge is 2.28. The largest absolute Gasteiger partial charge is 0.420 e. The average Bonchev–Trinajstić information content (AvgIpc) is 2.13. The van der Waals surface area contributed by atoms with E-state index in [1.807, 2.05) is 33.8 Å². The molecule has 0 radical (unpaired) electrons. The van der Waals surface area contributed by atoms with E-state index in [4.69, 9.17) is 4.74 Å². The third-order valence-electron chi connectivity index (χ3n) is 2.65. The van der Waals surface area contributed by atoms with E-state index in [1.54, 1.807) is 4.90 Å². The maximum Gasteiger partial charge on any atom is 0.414 e. The Morgan fingerprint density at radius 3 is 1.89 bits per heavy atom. The van der Waals surface area contributed by atoms with Gasteiger partial charge in [0.05, 0.1) is 5.38 Å². The lowest BCUT2D eigenvalue weighted by atomic mass is 10.2. The number of hydrogen-bond acceptors (Lipinski definition) is 2. The summed E-state index contributed by atoms with van der Waals surface area (Å²) in [7, 11) is -1.59. The minimum atomic E-state index is -1.59. The van der Waals surface area contributed by atoms with E-state index in [2.05, 4.69) is 26.6 Å². The van der Waals surface area contributed by atoms with Crippen LogP contribution in [0.3, 0.4) is 0 Å². The maximum absolute atomic E-state index is 12.2. The number of hydrogen-bond donors (Lipinski definition) is 0. The van der Waals surface area contributed by atoms with Crippen LogP contribution in [0.5, 0.6) is 0 Å². The van der Waals surface area contributed by atoms with Gasteiger partial charge in [0.25, 0.3) is 0 Å². The Balaban J connectivity index is 4.96. The zero-order valence-corrected chi connectivity index (χ0v) is 14.2. The first-order valence-electron chi connectivity index (χ1n) is 6.82. The standard InChI is InChI=1S/C14H29NO2Si/c1-9-10-13(18(6,7)8)17-14(16)15(11(2)3)12(4)5/h10-12H,9H2,1-8H3/b13-10-. The minimum Gasteiger partial charge on any atom is -0.420 e. The van der Waals surface area contributed by atoms with Gasteiger partial charge in [-0.3, -0.25) is 0 Å². The number of ether oxygens (including phenoxy) is 1. The van der Waals surface area contributed by atoms with Crippen molar-refractivity contribution in [2.45, 2.75) is 72.8 Å². The Morgan fingerprint density at radius 1 is 1.17 bits per heavy atom. The monoisotopic (exact) mass is 271 g/mol. The van der Waals surface area contributed by atoms with Gasteiger partial charge >= 0.3 is 6.09 Å². The highest BCUT2D eigenvalue weighted by molar-refractivity contribution is 6.82. The lowest BCUT2D eigenvalue weighted by Crippen LogP contribution is -2.43. The topological polar surface area (TPSA) is 29.5 Å². The second-order valence-corrected chi connectivity index (χ2v) is 11.2. The summed E-state index contributed by atoms with van der Waals surface area (Å²) in [5.41, 5.74) is 0. The van der Waals surface area contributed by atoms with Gasteiger partial charge in [0.15, 0.2) is 0 Å². The predicted molar refractivity (Wildman–Crippen MR) is 80.3 cm³/mol. The van der Waals surface area contributed by atoms with Crippen LogP contribution in [0.2, 0.25) is 19.6 Å². The fourth-order valence-corrected chi connectivity index (χ4v) is 3.06. The molecule has 0 rings (SSSR count). The fraction of sp³-hybridized carbons (Fsp3) is 0.786. The van der Waals surface area contributed by atoms with Gasteiger partial charge in [0.2, 0.25) is 0 Å². The Hall–Kier alpha value is -0.773. The van der Waals surface area contributed by atoms with Crippen LogP contribution < -0.4 is 0 Å². The summed E-state index contributed by atoms with van der Waals surface area (Å²) in [4.78, 5) is 14.0. The summed E-state index contributed by atoms with van der Waals surface area (Å²) in [6, 6.07) is 0.309. The number of nitrogens with zero attached hydrogens (tertiary/aromatic N) is 1. The van der Waals surface area contributed by atoms with Crippen LogP contribution in [0.4, 0.5) is 4.79 Å². The molecule has 18 heavy (non-hydrogen) atoms. The summed E-state index contributed by atoms with van der Waals surface area (Å²) in [5, 5.41) is 0.890. The smallest absolute Gasteiger partial charge is 0.414 e. The summed E-state index contributed by atoms with van der Waals surface area (Å²) in [6.45, 7) is 16.7. The molecular weight excluding hydrogens is 242 g/mol. The molecule has 0 spiro atoms. The second-order valence-electron chi connectivity index (χ2n) is 6.19. The lowest BCUT2D eigenvalue weighted by molar-refractivity contribution is 0.105. The zero-order chi connectivity index (χ0) is 14.5. The van der Waals surface area contributed by atoms with Crippen molar-refractivity contribution in [1.82, 2.24) is 4.90 Å². The van der Waals surface area contributed by atoms with E-state index >= 15 is 0 Å². The Kier molecular flexibility index (Phi) is 6.67. The molecule has 0 N–H and O–H groups in total. The SMILES string of the molecule is CC/C=C(/OC(=O)N(C(C)C)C(C)C)[Si](C)(C)C. The van der Waals surface area contributed by atoms with Crippen LogP contribution in [-0.2, 0) is 4.74 Å². The molecule has 0 aromatic carbocycles. The van der Waals surface area contributed by atoms with Crippen LogP contribution in [-0.4, -0.2) is 31.2 Å². The third-order valence-corrected chi connectivity index (χ3v) is 4.43. The summed E-state index contributed by atoms with van der Waals surface area (Å²) in [6.07, 6.45) is 2.72. The van der Waals surface area contributed by atoms with Crippen LogP contribution in [0.15, 0.2) is 11.5 Å². The van der Waals surface area contributed by atoms with Gasteiger partial charge in [-0.15, -0.1) is 0 Å². The summed E-state index contributed by atoms with van der Waals surface area (Å²) >= 11 is 0. The maximum atomic E-state index is 12.2. The molecule has 0 fully saturated rings. The van der Waals surface area contributed by atoms with Crippen molar-refractivity contribution in [3.05, 3.63) is 11.5 Å². The molecule has 0 heterocycles. The molecule has 0 aliphatic carbocycles. The molecule has 1 amide bonds. The van der Waals surface area contributed by atoms with Gasteiger partial charge in [0.1, 0.15) is 8.07 Å². The van der Waals surface area contributed by atoms with Crippen LogP contribution >= 0.6 is 0 Å². The molecule has 4 heteroatoms. The predicted octanol–water partition coefficient (Wildman–Crippen LogP) is 4.41. The molecule has 0 saturated carbocycles. The van der Waals surface area contributed by atoms with Crippen molar-refractivity contribution in [2.24, 2.45) is 0 Å². The Morgan fingerprint density at radius 2 is 1.61 bits per heavy atom. The normalized spacial score (nSPS) is 13.1. The highest BCUT2D eigenvalue weighted by Crippen LogP contribution is 2.19. The first kappa shape index (κ1) is 17.2. The number of carbonyl (C=O) groups excluding carboxylic acids is 1. The molecule has 3 nitrogen and oxygen atoms in total. The molecule has 0 aromatic rings. The molecular formula is C14H29NO2Si. The number of rotatable bonds is 5. The van der Waals surface area contributed by atoms with E-state index in [0.717, 1.165) is 11.8 Å². The molecule has 0 bridgehead atoms. The van der Waals surface area contributed by atoms with Crippen LogP contribution in [0.25, 0.3) is 0 Å². The lowest BCUT2D eigenvalue weighted by Gasteiger charge is -2.31. The van der Waals surface area contributed by atoms with Gasteiger partial charge < -0.3 is 9.64 Å². The number of carbonyl (C=O) groups is 1. The molecule has 0 aromatic heterocycles. The van der Waals surface area contributed by atoms with Crippen molar-refractivity contribution in [1.29, 1.82) is 0 Å². The quantitative estimate of drug-likeness (QED) is 0.547. The molecule has 0 aliphatic heterocycles. The Labute approximate surface area is 113 Å². The number of amides is 1. The minimum absolute atomic E-state index is 0.155. The van der Waals surface area contributed by atoms with E-state index in [-0.39, 0.29) is 18.2 Å². The van der Waals surface area contributed by atoms with Crippen molar-refractivity contribution in [2.75, 3.05) is 0 Å². The van der Waals surface area contributed by atoms with Crippen molar-refractivity contribution < 1.29 is 9.53 Å². The first-order chi connectivity index (χ1) is 8.11. The van der Waals surface area contributed by atoms with Crippen molar-refractivity contribution in [3.63, 3.8) is 0 Å². The van der Waals surface area contributed by atoms with E-state index in [9.17, 15) is 4.79 Å². The van der Waals surface area contributed by atoms with Gasteiger partial charge in [-0.1, -0.05) is 32.6 Å². The fourth-order valence-electron chi connectivity index (χ4n) is 1.85. The van der Waals surface area contributed by atoms with E-state index < -0.39 is 8.07 Å². The average molecular weight is 271 g/mol.